The van der Waals surface area contributed by atoms with Crippen molar-refractivity contribution in [3.05, 3.63) is 194 Å². The number of para-hydroxylation sites is 2. The van der Waals surface area contributed by atoms with Crippen molar-refractivity contribution in [2.24, 2.45) is 0 Å². The van der Waals surface area contributed by atoms with Gasteiger partial charge in [0.1, 0.15) is 0 Å². The average molecular weight is 681 g/mol. The maximum absolute atomic E-state index is 2.39. The third-order valence-corrected chi connectivity index (χ3v) is 11.4. The summed E-state index contributed by atoms with van der Waals surface area (Å²) in [5.41, 5.74) is 13.4. The van der Waals surface area contributed by atoms with Crippen molar-refractivity contribution in [3.8, 4) is 27.9 Å². The van der Waals surface area contributed by atoms with Crippen molar-refractivity contribution >= 4 is 49.6 Å². The molecule has 0 N–H and O–H groups in total. The van der Waals surface area contributed by atoms with Crippen LogP contribution in [0.25, 0.3) is 60.5 Å². The van der Waals surface area contributed by atoms with Crippen molar-refractivity contribution in [1.29, 1.82) is 0 Å². The molecular weight excluding hydrogens is 641 g/mol. The molecule has 0 aliphatic heterocycles. The van der Waals surface area contributed by atoms with Gasteiger partial charge in [-0.3, -0.25) is 0 Å². The van der Waals surface area contributed by atoms with Gasteiger partial charge in [0.2, 0.25) is 0 Å². The minimum Gasteiger partial charge on any atom is -0.311 e. The van der Waals surface area contributed by atoms with Gasteiger partial charge in [-0.25, -0.2) is 0 Å². The number of benzene rings is 8. The molecule has 0 atom stereocenters. The molecule has 254 valence electrons. The fourth-order valence-electron chi connectivity index (χ4n) is 8.58. The lowest BCUT2D eigenvalue weighted by Gasteiger charge is -2.26. The lowest BCUT2D eigenvalue weighted by molar-refractivity contribution is 0.723. The van der Waals surface area contributed by atoms with E-state index in [1.54, 1.807) is 0 Å². The highest BCUT2D eigenvalue weighted by Crippen LogP contribution is 2.40. The standard InChI is InChI=1S/C51H40N2/c1-2-10-36(9-1)38-19-27-44(28-20-38)52(46-31-25-41(26-32-46)43-18-17-37-11-3-4-12-42(37)35-43)45-29-21-39(22-30-45)40-23-33-47(34-24-40)53-50-15-7-5-13-48(50)49-14-6-8-16-51(49)53/h3-8,11-36H,1-2,9-10H2. The molecule has 0 spiro atoms. The number of hydrogen-bond acceptors (Lipinski definition) is 1. The summed E-state index contributed by atoms with van der Waals surface area (Å²) >= 11 is 0. The molecule has 2 nitrogen and oxygen atoms in total. The lowest BCUT2D eigenvalue weighted by atomic mass is 9.97. The van der Waals surface area contributed by atoms with Crippen molar-refractivity contribution in [1.82, 2.24) is 4.57 Å². The summed E-state index contributed by atoms with van der Waals surface area (Å²) in [5, 5.41) is 5.09. The highest BCUT2D eigenvalue weighted by Gasteiger charge is 2.19. The topological polar surface area (TPSA) is 8.17 Å². The fourth-order valence-corrected chi connectivity index (χ4v) is 8.58. The summed E-state index contributed by atoms with van der Waals surface area (Å²) in [6.07, 6.45) is 5.30. The van der Waals surface area contributed by atoms with E-state index in [2.05, 4.69) is 198 Å². The van der Waals surface area contributed by atoms with Crippen molar-refractivity contribution in [2.75, 3.05) is 4.90 Å². The molecule has 8 aromatic carbocycles. The second-order valence-electron chi connectivity index (χ2n) is 14.5. The molecule has 0 amide bonds. The van der Waals surface area contributed by atoms with Crippen LogP contribution < -0.4 is 4.90 Å². The fraction of sp³-hybridized carbons (Fsp3) is 0.0980. The Balaban J connectivity index is 0.979. The number of aromatic nitrogens is 1. The van der Waals surface area contributed by atoms with Crippen LogP contribution in [0.5, 0.6) is 0 Å². The van der Waals surface area contributed by atoms with Crippen LogP contribution in [0.4, 0.5) is 17.1 Å². The first-order valence-corrected chi connectivity index (χ1v) is 19.0. The normalized spacial score (nSPS) is 13.3. The smallest absolute Gasteiger partial charge is 0.0541 e. The predicted octanol–water partition coefficient (Wildman–Crippen LogP) is 14.4. The molecule has 1 saturated carbocycles. The first-order chi connectivity index (χ1) is 26.3. The predicted molar refractivity (Wildman–Crippen MR) is 225 cm³/mol. The Morgan fingerprint density at radius 2 is 0.849 bits per heavy atom. The van der Waals surface area contributed by atoms with Gasteiger partial charge in [0.05, 0.1) is 11.0 Å². The Morgan fingerprint density at radius 1 is 0.396 bits per heavy atom. The zero-order chi connectivity index (χ0) is 35.1. The van der Waals surface area contributed by atoms with Crippen molar-refractivity contribution in [2.45, 2.75) is 31.6 Å². The first-order valence-electron chi connectivity index (χ1n) is 19.0. The maximum Gasteiger partial charge on any atom is 0.0541 e. The lowest BCUT2D eigenvalue weighted by Crippen LogP contribution is -2.10. The molecule has 1 fully saturated rings. The SMILES string of the molecule is c1ccc2cc(-c3ccc(N(c4ccc(-c5ccc(-n6c7ccccc7c7ccccc76)cc5)cc4)c4ccc(C5CCCC5)cc4)cc3)ccc2c1. The molecule has 1 heterocycles. The van der Waals surface area contributed by atoms with Crippen molar-refractivity contribution < 1.29 is 0 Å². The van der Waals surface area contributed by atoms with E-state index in [9.17, 15) is 0 Å². The van der Waals surface area contributed by atoms with E-state index in [-0.39, 0.29) is 0 Å². The number of anilines is 3. The molecule has 0 saturated heterocycles. The Labute approximate surface area is 311 Å². The molecule has 0 unspecified atom stereocenters. The Hall–Kier alpha value is -6.38. The summed E-state index contributed by atoms with van der Waals surface area (Å²) in [5.74, 6) is 0.694. The number of fused-ring (bicyclic) bond motifs is 4. The van der Waals surface area contributed by atoms with Crippen LogP contribution in [0.1, 0.15) is 37.2 Å². The van der Waals surface area contributed by atoms with Crippen LogP contribution in [-0.4, -0.2) is 4.57 Å². The molecular formula is C51H40N2. The summed E-state index contributed by atoms with van der Waals surface area (Å²) in [6, 6.07) is 69.1. The number of hydrogen-bond donors (Lipinski definition) is 0. The van der Waals surface area contributed by atoms with E-state index < -0.39 is 0 Å². The molecule has 1 aliphatic carbocycles. The van der Waals surface area contributed by atoms with E-state index >= 15 is 0 Å². The second-order valence-corrected chi connectivity index (χ2v) is 14.5. The van der Waals surface area contributed by atoms with Gasteiger partial charge in [0, 0.05) is 33.5 Å². The van der Waals surface area contributed by atoms with Gasteiger partial charge in [-0.1, -0.05) is 134 Å². The van der Waals surface area contributed by atoms with Gasteiger partial charge in [-0.15, -0.1) is 0 Å². The van der Waals surface area contributed by atoms with Crippen LogP contribution in [0.3, 0.4) is 0 Å². The van der Waals surface area contributed by atoms with Gasteiger partial charge in [-0.05, 0) is 124 Å². The van der Waals surface area contributed by atoms with Crippen LogP contribution in [0.15, 0.2) is 188 Å². The van der Waals surface area contributed by atoms with E-state index in [4.69, 9.17) is 0 Å². The monoisotopic (exact) mass is 680 g/mol. The Morgan fingerprint density at radius 3 is 1.43 bits per heavy atom. The van der Waals surface area contributed by atoms with E-state index in [0.29, 0.717) is 5.92 Å². The van der Waals surface area contributed by atoms with Gasteiger partial charge < -0.3 is 9.47 Å². The molecule has 10 rings (SSSR count). The van der Waals surface area contributed by atoms with Crippen LogP contribution >= 0.6 is 0 Å². The second kappa shape index (κ2) is 13.3. The summed E-state index contributed by atoms with van der Waals surface area (Å²) in [7, 11) is 0. The van der Waals surface area contributed by atoms with Gasteiger partial charge in [0.25, 0.3) is 0 Å². The minimum absolute atomic E-state index is 0.694. The van der Waals surface area contributed by atoms with Gasteiger partial charge in [0.15, 0.2) is 0 Å². The van der Waals surface area contributed by atoms with Gasteiger partial charge >= 0.3 is 0 Å². The average Bonchev–Trinajstić information content (AvgIpc) is 3.89. The van der Waals surface area contributed by atoms with Gasteiger partial charge in [-0.2, -0.15) is 0 Å². The van der Waals surface area contributed by atoms with Crippen molar-refractivity contribution in [3.63, 3.8) is 0 Å². The molecule has 0 radical (unpaired) electrons. The number of rotatable bonds is 7. The maximum atomic E-state index is 2.39. The quantitative estimate of drug-likeness (QED) is 0.163. The summed E-state index contributed by atoms with van der Waals surface area (Å²) < 4.78 is 2.37. The third kappa shape index (κ3) is 5.77. The molecule has 53 heavy (non-hydrogen) atoms. The highest BCUT2D eigenvalue weighted by atomic mass is 15.1. The van der Waals surface area contributed by atoms with E-state index in [1.165, 1.54) is 97.5 Å². The molecule has 9 aromatic rings. The summed E-state index contributed by atoms with van der Waals surface area (Å²) in [4.78, 5) is 2.39. The highest BCUT2D eigenvalue weighted by molar-refractivity contribution is 6.09. The zero-order valence-electron chi connectivity index (χ0n) is 29.7. The molecule has 0 bridgehead atoms. The summed E-state index contributed by atoms with van der Waals surface area (Å²) in [6.45, 7) is 0. The first kappa shape index (κ1) is 31.4. The molecule has 2 heteroatoms. The van der Waals surface area contributed by atoms with Crippen LogP contribution in [0.2, 0.25) is 0 Å². The van der Waals surface area contributed by atoms with E-state index in [1.807, 2.05) is 0 Å². The third-order valence-electron chi connectivity index (χ3n) is 11.4. The number of nitrogens with zero attached hydrogens (tertiary/aromatic N) is 2. The minimum atomic E-state index is 0.694. The Bertz CT molecular complexity index is 2640. The van der Waals surface area contributed by atoms with Crippen LogP contribution in [0, 0.1) is 0 Å². The van der Waals surface area contributed by atoms with E-state index in [0.717, 1.165) is 11.4 Å². The zero-order valence-corrected chi connectivity index (χ0v) is 29.7. The largest absolute Gasteiger partial charge is 0.311 e. The molecule has 1 aromatic heterocycles. The Kier molecular flexibility index (Phi) is 7.87. The molecule has 1 aliphatic rings. The van der Waals surface area contributed by atoms with Crippen LogP contribution in [-0.2, 0) is 0 Å².